The van der Waals surface area contributed by atoms with Crippen molar-refractivity contribution >= 4 is 27.3 Å². The lowest BCUT2D eigenvalue weighted by atomic mass is 10.1. The number of benzene rings is 1. The van der Waals surface area contributed by atoms with E-state index in [0.29, 0.717) is 0 Å². The number of nitro benzene ring substituents is 1. The minimum atomic E-state index is -3.99. The van der Waals surface area contributed by atoms with Crippen LogP contribution in [0.4, 0.5) is 5.69 Å². The maximum atomic E-state index is 12.2. The van der Waals surface area contributed by atoms with E-state index in [1.807, 2.05) is 0 Å². The summed E-state index contributed by atoms with van der Waals surface area (Å²) in [5.41, 5.74) is -1.22. The minimum Gasteiger partial charge on any atom is -0.383 e. The minimum absolute atomic E-state index is 0.0867. The lowest BCUT2D eigenvalue weighted by Gasteiger charge is -2.25. The molecule has 0 spiro atoms. The van der Waals surface area contributed by atoms with E-state index in [4.69, 9.17) is 16.3 Å². The van der Waals surface area contributed by atoms with Crippen LogP contribution in [-0.2, 0) is 14.8 Å². The van der Waals surface area contributed by atoms with Gasteiger partial charge in [-0.25, -0.2) is 13.1 Å². The molecule has 20 heavy (non-hydrogen) atoms. The summed E-state index contributed by atoms with van der Waals surface area (Å²) in [7, 11) is -2.55. The van der Waals surface area contributed by atoms with E-state index in [-0.39, 0.29) is 22.2 Å². The number of hydrogen-bond acceptors (Lipinski definition) is 5. The molecule has 9 heteroatoms. The number of methoxy groups -OCH3 is 1. The summed E-state index contributed by atoms with van der Waals surface area (Å²) in [4.78, 5) is 9.69. The second-order valence-corrected chi connectivity index (χ2v) is 6.85. The van der Waals surface area contributed by atoms with Crippen LogP contribution >= 0.6 is 11.6 Å². The number of non-ortho nitro benzene ring substituents is 1. The van der Waals surface area contributed by atoms with Gasteiger partial charge < -0.3 is 4.74 Å². The quantitative estimate of drug-likeness (QED) is 0.637. The molecule has 0 aliphatic carbocycles. The standard InChI is InChI=1S/C11H15ClN2O5S/c1-11(2,7-19-3)13-20(17,18)10-6-8(14(15)16)4-5-9(10)12/h4-6,13H,7H2,1-3H3. The van der Waals surface area contributed by atoms with Crippen molar-refractivity contribution in [3.8, 4) is 0 Å². The van der Waals surface area contributed by atoms with Gasteiger partial charge in [-0.3, -0.25) is 10.1 Å². The Bertz CT molecular complexity index is 615. The maximum Gasteiger partial charge on any atom is 0.270 e. The van der Waals surface area contributed by atoms with Crippen LogP contribution in [0, 0.1) is 10.1 Å². The Morgan fingerprint density at radius 1 is 1.45 bits per heavy atom. The third kappa shape index (κ3) is 4.14. The van der Waals surface area contributed by atoms with Gasteiger partial charge in [-0.15, -0.1) is 0 Å². The van der Waals surface area contributed by atoms with Crippen LogP contribution in [0.15, 0.2) is 23.1 Å². The normalized spacial score (nSPS) is 12.4. The molecule has 0 amide bonds. The molecular weight excluding hydrogens is 308 g/mol. The lowest BCUT2D eigenvalue weighted by Crippen LogP contribution is -2.46. The number of sulfonamides is 1. The molecule has 0 aromatic heterocycles. The zero-order valence-corrected chi connectivity index (χ0v) is 12.8. The van der Waals surface area contributed by atoms with Crippen molar-refractivity contribution in [2.45, 2.75) is 24.3 Å². The van der Waals surface area contributed by atoms with Gasteiger partial charge in [0.1, 0.15) is 4.90 Å². The van der Waals surface area contributed by atoms with Gasteiger partial charge in [0.2, 0.25) is 10.0 Å². The molecule has 0 fully saturated rings. The maximum absolute atomic E-state index is 12.2. The highest BCUT2D eigenvalue weighted by Crippen LogP contribution is 2.27. The summed E-state index contributed by atoms with van der Waals surface area (Å²) >= 11 is 5.82. The summed E-state index contributed by atoms with van der Waals surface area (Å²) in [6.07, 6.45) is 0. The first-order chi connectivity index (χ1) is 9.09. The Kier molecular flexibility index (Phi) is 5.09. The van der Waals surface area contributed by atoms with Gasteiger partial charge in [0.15, 0.2) is 0 Å². The first-order valence-electron chi connectivity index (χ1n) is 5.56. The molecule has 7 nitrogen and oxygen atoms in total. The van der Waals surface area contributed by atoms with Gasteiger partial charge >= 0.3 is 0 Å². The summed E-state index contributed by atoms with van der Waals surface area (Å²) < 4.78 is 31.8. The fraction of sp³-hybridized carbons (Fsp3) is 0.455. The molecule has 0 aliphatic rings. The second-order valence-electron chi connectivity index (χ2n) is 4.79. The molecule has 0 atom stereocenters. The average Bonchev–Trinajstić information content (AvgIpc) is 2.26. The van der Waals surface area contributed by atoms with Crippen LogP contribution in [0.25, 0.3) is 0 Å². The SMILES string of the molecule is COCC(C)(C)NS(=O)(=O)c1cc([N+](=O)[O-])ccc1Cl. The highest BCUT2D eigenvalue weighted by molar-refractivity contribution is 7.89. The molecule has 1 aromatic carbocycles. The van der Waals surface area contributed by atoms with Crippen LogP contribution < -0.4 is 4.72 Å². The molecule has 1 rings (SSSR count). The van der Waals surface area contributed by atoms with E-state index < -0.39 is 20.5 Å². The predicted octanol–water partition coefficient (Wildman–Crippen LogP) is 1.95. The molecule has 112 valence electrons. The van der Waals surface area contributed by atoms with Crippen molar-refractivity contribution in [2.75, 3.05) is 13.7 Å². The average molecular weight is 323 g/mol. The van der Waals surface area contributed by atoms with Crippen LogP contribution in [0.5, 0.6) is 0 Å². The fourth-order valence-electron chi connectivity index (χ4n) is 1.62. The number of rotatable bonds is 6. The Labute approximate surface area is 122 Å². The molecule has 0 unspecified atom stereocenters. The third-order valence-corrected chi connectivity index (χ3v) is 4.51. The summed E-state index contributed by atoms with van der Waals surface area (Å²) in [6.45, 7) is 3.39. The van der Waals surface area contributed by atoms with Crippen molar-refractivity contribution in [1.29, 1.82) is 0 Å². The molecule has 0 radical (unpaired) electrons. The predicted molar refractivity (Wildman–Crippen MR) is 74.4 cm³/mol. The molecule has 1 aromatic rings. The highest BCUT2D eigenvalue weighted by Gasteiger charge is 2.29. The number of hydrogen-bond donors (Lipinski definition) is 1. The van der Waals surface area contributed by atoms with Gasteiger partial charge in [0.05, 0.1) is 22.1 Å². The fourth-order valence-corrected chi connectivity index (χ4v) is 3.54. The van der Waals surface area contributed by atoms with Gasteiger partial charge in [-0.05, 0) is 19.9 Å². The zero-order chi connectivity index (χ0) is 15.6. The number of nitrogens with zero attached hydrogens (tertiary/aromatic N) is 1. The number of ether oxygens (including phenoxy) is 1. The Morgan fingerprint density at radius 2 is 2.05 bits per heavy atom. The van der Waals surface area contributed by atoms with Crippen LogP contribution in [-0.4, -0.2) is 32.6 Å². The molecule has 0 heterocycles. The topological polar surface area (TPSA) is 98.5 Å². The first kappa shape index (κ1) is 16.8. The second kappa shape index (κ2) is 6.04. The van der Waals surface area contributed by atoms with Crippen molar-refractivity contribution in [3.63, 3.8) is 0 Å². The largest absolute Gasteiger partial charge is 0.383 e. The molecular formula is C11H15ClN2O5S. The molecule has 1 N–H and O–H groups in total. The lowest BCUT2D eigenvalue weighted by molar-refractivity contribution is -0.385. The van der Waals surface area contributed by atoms with Gasteiger partial charge in [0, 0.05) is 19.2 Å². The zero-order valence-electron chi connectivity index (χ0n) is 11.2. The van der Waals surface area contributed by atoms with E-state index in [2.05, 4.69) is 4.72 Å². The van der Waals surface area contributed by atoms with Crippen molar-refractivity contribution < 1.29 is 18.1 Å². The van der Waals surface area contributed by atoms with Gasteiger partial charge in [0.25, 0.3) is 5.69 Å². The summed E-state index contributed by atoms with van der Waals surface area (Å²) in [5.74, 6) is 0. The molecule has 0 saturated carbocycles. The van der Waals surface area contributed by atoms with E-state index in [9.17, 15) is 18.5 Å². The Hall–Kier alpha value is -1.22. The van der Waals surface area contributed by atoms with E-state index in [1.54, 1.807) is 13.8 Å². The molecule has 0 saturated heterocycles. The molecule has 0 bridgehead atoms. The van der Waals surface area contributed by atoms with Crippen LogP contribution in [0.3, 0.4) is 0 Å². The van der Waals surface area contributed by atoms with Crippen molar-refractivity contribution in [2.24, 2.45) is 0 Å². The highest BCUT2D eigenvalue weighted by atomic mass is 35.5. The molecule has 0 aliphatic heterocycles. The number of nitrogens with one attached hydrogen (secondary N) is 1. The van der Waals surface area contributed by atoms with E-state index >= 15 is 0 Å². The monoisotopic (exact) mass is 322 g/mol. The van der Waals surface area contributed by atoms with E-state index in [1.165, 1.54) is 13.2 Å². The number of nitro groups is 1. The van der Waals surface area contributed by atoms with Crippen molar-refractivity contribution in [1.82, 2.24) is 4.72 Å². The van der Waals surface area contributed by atoms with Crippen LogP contribution in [0.2, 0.25) is 5.02 Å². The van der Waals surface area contributed by atoms with E-state index in [0.717, 1.165) is 12.1 Å². The Balaban J connectivity index is 3.22. The van der Waals surface area contributed by atoms with Crippen LogP contribution in [0.1, 0.15) is 13.8 Å². The Morgan fingerprint density at radius 3 is 2.55 bits per heavy atom. The first-order valence-corrected chi connectivity index (χ1v) is 7.42. The number of halogens is 1. The smallest absolute Gasteiger partial charge is 0.270 e. The summed E-state index contributed by atoms with van der Waals surface area (Å²) in [5, 5.41) is 10.6. The van der Waals surface area contributed by atoms with Crippen molar-refractivity contribution in [3.05, 3.63) is 33.3 Å². The third-order valence-electron chi connectivity index (χ3n) is 2.33. The van der Waals surface area contributed by atoms with Gasteiger partial charge in [-0.1, -0.05) is 11.6 Å². The summed E-state index contributed by atoms with van der Waals surface area (Å²) in [6, 6.07) is 3.24. The van der Waals surface area contributed by atoms with Gasteiger partial charge in [-0.2, -0.15) is 0 Å².